The number of carbonyl (C=O) groups is 2. The highest BCUT2D eigenvalue weighted by molar-refractivity contribution is 7.90. The summed E-state index contributed by atoms with van der Waals surface area (Å²) in [5.41, 5.74) is 0.439. The molecule has 0 heterocycles. The first-order chi connectivity index (χ1) is 11.7. The van der Waals surface area contributed by atoms with E-state index in [2.05, 4.69) is 5.32 Å². The summed E-state index contributed by atoms with van der Waals surface area (Å²) >= 11 is 0. The number of halogens is 1. The molecule has 0 spiro atoms. The van der Waals surface area contributed by atoms with Crippen LogP contribution in [-0.4, -0.2) is 45.0 Å². The highest BCUT2D eigenvalue weighted by Gasteiger charge is 2.17. The third-order valence-electron chi connectivity index (χ3n) is 3.34. The lowest BCUT2D eigenvalue weighted by Gasteiger charge is -2.17. The number of benzene rings is 2. The number of likely N-dealkylation sites (N-methyl/N-ethyl adjacent to an activating group) is 1. The minimum absolute atomic E-state index is 0.0240. The molecule has 0 aliphatic heterocycles. The van der Waals surface area contributed by atoms with Crippen molar-refractivity contribution in [2.45, 2.75) is 4.90 Å². The molecule has 0 saturated heterocycles. The van der Waals surface area contributed by atoms with Crippen LogP contribution in [-0.2, 0) is 14.6 Å². The monoisotopic (exact) mass is 364 g/mol. The predicted molar refractivity (Wildman–Crippen MR) is 91.5 cm³/mol. The third-order valence-corrected chi connectivity index (χ3v) is 4.46. The van der Waals surface area contributed by atoms with E-state index in [-0.39, 0.29) is 22.7 Å². The normalized spacial score (nSPS) is 11.0. The van der Waals surface area contributed by atoms with Crippen LogP contribution in [0.2, 0.25) is 0 Å². The average molecular weight is 364 g/mol. The van der Waals surface area contributed by atoms with E-state index < -0.39 is 27.5 Å². The number of hydrogen-bond donors (Lipinski definition) is 1. The number of anilines is 1. The fraction of sp³-hybridized carbons (Fsp3) is 0.176. The van der Waals surface area contributed by atoms with E-state index in [9.17, 15) is 22.4 Å². The Hall–Kier alpha value is -2.74. The van der Waals surface area contributed by atoms with E-state index in [1.165, 1.54) is 49.5 Å². The van der Waals surface area contributed by atoms with E-state index in [1.54, 1.807) is 0 Å². The molecule has 0 aliphatic rings. The number of carbonyl (C=O) groups excluding carboxylic acids is 2. The largest absolute Gasteiger partial charge is 0.332 e. The van der Waals surface area contributed by atoms with Crippen molar-refractivity contribution < 1.29 is 22.4 Å². The van der Waals surface area contributed by atoms with E-state index in [0.717, 1.165) is 17.2 Å². The quantitative estimate of drug-likeness (QED) is 0.879. The second-order valence-corrected chi connectivity index (χ2v) is 7.54. The molecule has 2 aromatic carbocycles. The topological polar surface area (TPSA) is 83.6 Å². The van der Waals surface area contributed by atoms with Crippen LogP contribution in [0.3, 0.4) is 0 Å². The summed E-state index contributed by atoms with van der Waals surface area (Å²) in [6.07, 6.45) is 1.05. The van der Waals surface area contributed by atoms with Crippen LogP contribution < -0.4 is 5.32 Å². The van der Waals surface area contributed by atoms with Gasteiger partial charge in [0.15, 0.2) is 9.84 Å². The van der Waals surface area contributed by atoms with Gasteiger partial charge in [0.1, 0.15) is 5.82 Å². The maximum Gasteiger partial charge on any atom is 0.254 e. The minimum atomic E-state index is -3.44. The molecule has 2 amide bonds. The maximum atomic E-state index is 13.1. The molecule has 0 radical (unpaired) electrons. The lowest BCUT2D eigenvalue weighted by atomic mass is 10.2. The Morgan fingerprint density at radius 2 is 1.80 bits per heavy atom. The number of amides is 2. The van der Waals surface area contributed by atoms with E-state index >= 15 is 0 Å². The zero-order valence-corrected chi connectivity index (χ0v) is 14.5. The first kappa shape index (κ1) is 18.6. The molecular weight excluding hydrogens is 347 g/mol. The fourth-order valence-corrected chi connectivity index (χ4v) is 2.80. The van der Waals surface area contributed by atoms with Crippen molar-refractivity contribution in [1.29, 1.82) is 0 Å². The molecule has 2 rings (SSSR count). The van der Waals surface area contributed by atoms with Crippen molar-refractivity contribution in [3.63, 3.8) is 0 Å². The van der Waals surface area contributed by atoms with Gasteiger partial charge in [0, 0.05) is 24.6 Å². The van der Waals surface area contributed by atoms with Gasteiger partial charge in [-0.1, -0.05) is 12.1 Å². The molecular formula is C17H17FN2O4S. The van der Waals surface area contributed by atoms with Gasteiger partial charge in [0.25, 0.3) is 5.91 Å². The zero-order chi connectivity index (χ0) is 18.6. The van der Waals surface area contributed by atoms with Crippen molar-refractivity contribution in [3.8, 4) is 0 Å². The molecule has 0 aromatic heterocycles. The first-order valence-corrected chi connectivity index (χ1v) is 9.17. The van der Waals surface area contributed by atoms with Crippen LogP contribution in [0.25, 0.3) is 0 Å². The third kappa shape index (κ3) is 5.12. The van der Waals surface area contributed by atoms with Crippen LogP contribution in [0.5, 0.6) is 0 Å². The van der Waals surface area contributed by atoms with Gasteiger partial charge in [-0.3, -0.25) is 9.59 Å². The highest BCUT2D eigenvalue weighted by Crippen LogP contribution is 2.13. The molecule has 0 bridgehead atoms. The molecule has 132 valence electrons. The Bertz CT molecular complexity index is 912. The van der Waals surface area contributed by atoms with Crippen molar-refractivity contribution >= 4 is 27.3 Å². The molecule has 6 nitrogen and oxygen atoms in total. The van der Waals surface area contributed by atoms with Crippen LogP contribution in [0, 0.1) is 5.82 Å². The second-order valence-electron chi connectivity index (χ2n) is 5.52. The van der Waals surface area contributed by atoms with Gasteiger partial charge in [-0.2, -0.15) is 0 Å². The van der Waals surface area contributed by atoms with Crippen molar-refractivity contribution in [2.24, 2.45) is 0 Å². The van der Waals surface area contributed by atoms with Gasteiger partial charge in [0.05, 0.1) is 11.4 Å². The standard InChI is InChI=1S/C17H17FN2O4S/c1-20(11-16(21)19-14-7-4-6-13(18)10-14)17(22)12-5-3-8-15(9-12)25(2,23)24/h3-10H,11H2,1-2H3,(H,19,21). The van der Waals surface area contributed by atoms with Crippen LogP contribution in [0.4, 0.5) is 10.1 Å². The summed E-state index contributed by atoms with van der Waals surface area (Å²) in [6.45, 7) is -0.265. The average Bonchev–Trinajstić information content (AvgIpc) is 2.53. The predicted octanol–water partition coefficient (Wildman–Crippen LogP) is 1.94. The van der Waals surface area contributed by atoms with E-state index in [0.29, 0.717) is 0 Å². The van der Waals surface area contributed by atoms with Gasteiger partial charge in [0.2, 0.25) is 5.91 Å². The van der Waals surface area contributed by atoms with Crippen LogP contribution in [0.15, 0.2) is 53.4 Å². The fourth-order valence-electron chi connectivity index (χ4n) is 2.13. The molecule has 0 saturated carbocycles. The second kappa shape index (κ2) is 7.43. The summed E-state index contributed by atoms with van der Waals surface area (Å²) in [7, 11) is -2.02. The Morgan fingerprint density at radius 3 is 2.44 bits per heavy atom. The van der Waals surface area contributed by atoms with Crippen molar-refractivity contribution in [3.05, 3.63) is 59.9 Å². The van der Waals surface area contributed by atoms with Crippen LogP contribution >= 0.6 is 0 Å². The number of rotatable bonds is 5. The number of sulfone groups is 1. The van der Waals surface area contributed by atoms with E-state index in [4.69, 9.17) is 0 Å². The summed E-state index contributed by atoms with van der Waals surface area (Å²) in [4.78, 5) is 25.5. The Morgan fingerprint density at radius 1 is 1.12 bits per heavy atom. The summed E-state index contributed by atoms with van der Waals surface area (Å²) in [5, 5.41) is 2.49. The highest BCUT2D eigenvalue weighted by atomic mass is 32.2. The molecule has 0 unspecified atom stereocenters. The summed E-state index contributed by atoms with van der Waals surface area (Å²) < 4.78 is 36.2. The SMILES string of the molecule is CN(CC(=O)Nc1cccc(F)c1)C(=O)c1cccc(S(C)(=O)=O)c1. The summed E-state index contributed by atoms with van der Waals surface area (Å²) in [5.74, 6) is -1.49. The maximum absolute atomic E-state index is 13.1. The van der Waals surface area contributed by atoms with Gasteiger partial charge < -0.3 is 10.2 Å². The molecule has 0 atom stereocenters. The molecule has 8 heteroatoms. The van der Waals surface area contributed by atoms with Gasteiger partial charge in [-0.05, 0) is 36.4 Å². The van der Waals surface area contributed by atoms with E-state index in [1.807, 2.05) is 0 Å². The van der Waals surface area contributed by atoms with Crippen molar-refractivity contribution in [2.75, 3.05) is 25.2 Å². The number of hydrogen-bond acceptors (Lipinski definition) is 4. The van der Waals surface area contributed by atoms with Gasteiger partial charge in [-0.15, -0.1) is 0 Å². The Kier molecular flexibility index (Phi) is 5.53. The zero-order valence-electron chi connectivity index (χ0n) is 13.7. The first-order valence-electron chi connectivity index (χ1n) is 7.28. The molecule has 0 aliphatic carbocycles. The lowest BCUT2D eigenvalue weighted by molar-refractivity contribution is -0.116. The lowest BCUT2D eigenvalue weighted by Crippen LogP contribution is -2.35. The summed E-state index contributed by atoms with van der Waals surface area (Å²) in [6, 6.07) is 11.0. The van der Waals surface area contributed by atoms with Crippen molar-refractivity contribution in [1.82, 2.24) is 4.90 Å². The number of nitrogens with one attached hydrogen (secondary N) is 1. The van der Waals surface area contributed by atoms with Gasteiger partial charge in [-0.25, -0.2) is 12.8 Å². The molecule has 25 heavy (non-hydrogen) atoms. The molecule has 2 aromatic rings. The number of nitrogens with zero attached hydrogens (tertiary/aromatic N) is 1. The smallest absolute Gasteiger partial charge is 0.254 e. The Balaban J connectivity index is 2.06. The van der Waals surface area contributed by atoms with Gasteiger partial charge >= 0.3 is 0 Å². The van der Waals surface area contributed by atoms with Crippen LogP contribution in [0.1, 0.15) is 10.4 Å². The Labute approximate surface area is 145 Å². The minimum Gasteiger partial charge on any atom is -0.332 e. The molecule has 1 N–H and O–H groups in total. The molecule has 0 fully saturated rings.